The lowest BCUT2D eigenvalue weighted by Crippen LogP contribution is -2.19. The van der Waals surface area contributed by atoms with Crippen LogP contribution in [0.3, 0.4) is 0 Å². The Morgan fingerprint density at radius 2 is 1.69 bits per heavy atom. The number of hydrogen-bond acceptors (Lipinski definition) is 4. The first-order valence-electron chi connectivity index (χ1n) is 4.26. The molecule has 0 fully saturated rings. The normalized spacial score (nSPS) is 17.5. The summed E-state index contributed by atoms with van der Waals surface area (Å²) < 4.78 is 21.3. The zero-order valence-corrected chi connectivity index (χ0v) is 10.1. The fourth-order valence-corrected chi connectivity index (χ4v) is 1.74. The molecule has 0 amide bonds. The van der Waals surface area contributed by atoms with Crippen molar-refractivity contribution in [1.29, 1.82) is 0 Å². The third kappa shape index (κ3) is 8.44. The van der Waals surface area contributed by atoms with Gasteiger partial charge in [0.1, 0.15) is 0 Å². The standard InChI is InChI=1S/C8H19O4P/c1-7(2)10-13(6,9)12-11-8(3,4)5/h7H,1-6H3. The molecular formula is C8H19O4P. The van der Waals surface area contributed by atoms with Crippen molar-refractivity contribution in [3.8, 4) is 0 Å². The van der Waals surface area contributed by atoms with Crippen molar-refractivity contribution in [2.45, 2.75) is 46.3 Å². The topological polar surface area (TPSA) is 44.8 Å². The van der Waals surface area contributed by atoms with E-state index in [1.165, 1.54) is 6.66 Å². The zero-order valence-electron chi connectivity index (χ0n) is 9.16. The molecule has 0 saturated heterocycles. The highest BCUT2D eigenvalue weighted by molar-refractivity contribution is 7.52. The average molecular weight is 210 g/mol. The molecule has 0 bridgehead atoms. The maximum Gasteiger partial charge on any atom is 0.355 e. The minimum absolute atomic E-state index is 0.139. The lowest BCUT2D eigenvalue weighted by molar-refractivity contribution is -0.281. The van der Waals surface area contributed by atoms with E-state index in [-0.39, 0.29) is 6.10 Å². The van der Waals surface area contributed by atoms with E-state index in [9.17, 15) is 4.57 Å². The van der Waals surface area contributed by atoms with E-state index in [0.717, 1.165) is 0 Å². The Balaban J connectivity index is 3.97. The largest absolute Gasteiger partial charge is 0.355 e. The molecule has 0 N–H and O–H groups in total. The van der Waals surface area contributed by atoms with Crippen molar-refractivity contribution in [3.63, 3.8) is 0 Å². The van der Waals surface area contributed by atoms with E-state index in [1.807, 2.05) is 20.8 Å². The van der Waals surface area contributed by atoms with Crippen LogP contribution in [0.4, 0.5) is 0 Å². The van der Waals surface area contributed by atoms with Crippen LogP contribution in [0.5, 0.6) is 0 Å². The van der Waals surface area contributed by atoms with Gasteiger partial charge >= 0.3 is 7.60 Å². The van der Waals surface area contributed by atoms with Gasteiger partial charge in [-0.25, -0.2) is 4.89 Å². The molecule has 0 aromatic heterocycles. The molecule has 5 heteroatoms. The van der Waals surface area contributed by atoms with Crippen LogP contribution in [0.1, 0.15) is 34.6 Å². The fourth-order valence-electron chi connectivity index (χ4n) is 0.580. The van der Waals surface area contributed by atoms with Crippen molar-refractivity contribution < 1.29 is 18.7 Å². The van der Waals surface area contributed by atoms with Gasteiger partial charge in [0.25, 0.3) is 0 Å². The summed E-state index contributed by atoms with van der Waals surface area (Å²) in [6.45, 7) is 10.4. The predicted octanol–water partition coefficient (Wildman–Crippen LogP) is 2.98. The van der Waals surface area contributed by atoms with Gasteiger partial charge in [-0.3, -0.25) is 4.57 Å². The first-order chi connectivity index (χ1) is 5.62. The minimum atomic E-state index is -3.07. The summed E-state index contributed by atoms with van der Waals surface area (Å²) >= 11 is 0. The van der Waals surface area contributed by atoms with Crippen LogP contribution in [0, 0.1) is 0 Å². The quantitative estimate of drug-likeness (QED) is 0.406. The second-order valence-corrected chi connectivity index (χ2v) is 6.10. The molecule has 0 radical (unpaired) electrons. The maximum atomic E-state index is 11.5. The summed E-state index contributed by atoms with van der Waals surface area (Å²) in [7, 11) is -3.07. The monoisotopic (exact) mass is 210 g/mol. The Morgan fingerprint density at radius 3 is 2.00 bits per heavy atom. The zero-order chi connectivity index (χ0) is 10.7. The van der Waals surface area contributed by atoms with Crippen molar-refractivity contribution >= 4 is 7.60 Å². The highest BCUT2D eigenvalue weighted by atomic mass is 31.2. The lowest BCUT2D eigenvalue weighted by atomic mass is 10.2. The van der Waals surface area contributed by atoms with Crippen LogP contribution >= 0.6 is 7.60 Å². The molecule has 0 aromatic carbocycles. The molecule has 13 heavy (non-hydrogen) atoms. The van der Waals surface area contributed by atoms with Gasteiger partial charge in [0.2, 0.25) is 0 Å². The summed E-state index contributed by atoms with van der Waals surface area (Å²) in [5, 5.41) is 0. The van der Waals surface area contributed by atoms with E-state index >= 15 is 0 Å². The Kier molecular flexibility index (Phi) is 4.60. The smallest absolute Gasteiger partial charge is 0.304 e. The van der Waals surface area contributed by atoms with Crippen molar-refractivity contribution in [3.05, 3.63) is 0 Å². The first kappa shape index (κ1) is 13.1. The van der Waals surface area contributed by atoms with E-state index in [4.69, 9.17) is 14.1 Å². The van der Waals surface area contributed by atoms with Crippen molar-refractivity contribution in [2.24, 2.45) is 0 Å². The van der Waals surface area contributed by atoms with E-state index in [1.54, 1.807) is 13.8 Å². The molecule has 80 valence electrons. The van der Waals surface area contributed by atoms with E-state index < -0.39 is 13.2 Å². The van der Waals surface area contributed by atoms with Gasteiger partial charge < -0.3 is 4.52 Å². The highest BCUT2D eigenvalue weighted by Crippen LogP contribution is 2.46. The van der Waals surface area contributed by atoms with Crippen LogP contribution in [-0.4, -0.2) is 18.4 Å². The average Bonchev–Trinajstić information content (AvgIpc) is 1.79. The summed E-state index contributed by atoms with van der Waals surface area (Å²) in [5.74, 6) is 0. The van der Waals surface area contributed by atoms with Crippen LogP contribution in [-0.2, 0) is 18.7 Å². The molecule has 1 atom stereocenters. The summed E-state index contributed by atoms with van der Waals surface area (Å²) in [6.07, 6.45) is -0.139. The summed E-state index contributed by atoms with van der Waals surface area (Å²) in [5.41, 5.74) is -0.480. The van der Waals surface area contributed by atoms with Crippen LogP contribution in [0.2, 0.25) is 0 Å². The third-order valence-electron chi connectivity index (χ3n) is 0.825. The van der Waals surface area contributed by atoms with Gasteiger partial charge in [-0.15, -0.1) is 4.67 Å². The van der Waals surface area contributed by atoms with Gasteiger partial charge in [-0.05, 0) is 34.6 Å². The van der Waals surface area contributed by atoms with Gasteiger partial charge in [-0.1, -0.05) is 0 Å². The molecule has 0 spiro atoms. The highest BCUT2D eigenvalue weighted by Gasteiger charge is 2.24. The molecule has 0 heterocycles. The van der Waals surface area contributed by atoms with Crippen LogP contribution < -0.4 is 0 Å². The Morgan fingerprint density at radius 1 is 1.23 bits per heavy atom. The van der Waals surface area contributed by atoms with Gasteiger partial charge in [0, 0.05) is 6.66 Å². The fraction of sp³-hybridized carbons (Fsp3) is 1.00. The Bertz CT molecular complexity index is 195. The van der Waals surface area contributed by atoms with Crippen molar-refractivity contribution in [1.82, 2.24) is 0 Å². The SMILES string of the molecule is CC(C)OP(C)(=O)OOC(C)(C)C. The minimum Gasteiger partial charge on any atom is -0.304 e. The second-order valence-electron chi connectivity index (χ2n) is 4.20. The molecule has 0 saturated carbocycles. The second kappa shape index (κ2) is 4.56. The van der Waals surface area contributed by atoms with Gasteiger partial charge in [-0.2, -0.15) is 0 Å². The molecular weight excluding hydrogens is 191 g/mol. The summed E-state index contributed by atoms with van der Waals surface area (Å²) in [4.78, 5) is 4.91. The predicted molar refractivity (Wildman–Crippen MR) is 51.7 cm³/mol. The van der Waals surface area contributed by atoms with Crippen molar-refractivity contribution in [2.75, 3.05) is 6.66 Å². The maximum absolute atomic E-state index is 11.5. The lowest BCUT2D eigenvalue weighted by Gasteiger charge is -2.21. The molecule has 1 unspecified atom stereocenters. The molecule has 4 nitrogen and oxygen atoms in total. The van der Waals surface area contributed by atoms with Gasteiger partial charge in [0.05, 0.1) is 11.7 Å². The molecule has 0 aliphatic carbocycles. The first-order valence-corrected chi connectivity index (χ1v) is 6.25. The number of hydrogen-bond donors (Lipinski definition) is 0. The molecule has 0 aliphatic heterocycles. The number of rotatable bonds is 4. The molecule has 0 aliphatic rings. The molecule has 0 rings (SSSR count). The van der Waals surface area contributed by atoms with Crippen LogP contribution in [0.25, 0.3) is 0 Å². The van der Waals surface area contributed by atoms with Crippen LogP contribution in [0.15, 0.2) is 0 Å². The molecule has 0 aromatic rings. The third-order valence-corrected chi connectivity index (χ3v) is 1.97. The Hall–Kier alpha value is 0.110. The van der Waals surface area contributed by atoms with E-state index in [2.05, 4.69) is 0 Å². The Labute approximate surface area is 80.0 Å². The summed E-state index contributed by atoms with van der Waals surface area (Å²) in [6, 6.07) is 0. The van der Waals surface area contributed by atoms with E-state index in [0.29, 0.717) is 0 Å². The van der Waals surface area contributed by atoms with Gasteiger partial charge in [0.15, 0.2) is 0 Å².